The predicted octanol–water partition coefficient (Wildman–Crippen LogP) is 3.12. The Kier molecular flexibility index (Phi) is 6.79. The van der Waals surface area contributed by atoms with Crippen molar-refractivity contribution in [2.75, 3.05) is 18.9 Å². The molecule has 0 saturated carbocycles. The van der Waals surface area contributed by atoms with Gasteiger partial charge in [-0.25, -0.2) is 9.59 Å². The first kappa shape index (κ1) is 20.3. The molecule has 1 aromatic heterocycles. The first-order valence-corrected chi connectivity index (χ1v) is 9.03. The van der Waals surface area contributed by atoms with E-state index >= 15 is 0 Å². The van der Waals surface area contributed by atoms with E-state index < -0.39 is 11.9 Å². The topological polar surface area (TPSA) is 112 Å². The van der Waals surface area contributed by atoms with Gasteiger partial charge >= 0.3 is 11.9 Å². The Labute approximate surface area is 161 Å². The van der Waals surface area contributed by atoms with Crippen LogP contribution in [-0.2, 0) is 20.9 Å². The van der Waals surface area contributed by atoms with Crippen molar-refractivity contribution in [1.29, 1.82) is 5.26 Å². The first-order chi connectivity index (χ1) is 12.9. The molecule has 0 bridgehead atoms. The van der Waals surface area contributed by atoms with Crippen LogP contribution < -0.4 is 10.5 Å². The number of carbonyl (C=O) groups is 2. The fourth-order valence-electron chi connectivity index (χ4n) is 2.46. The van der Waals surface area contributed by atoms with Gasteiger partial charge in [0, 0.05) is 5.56 Å². The average Bonchev–Trinajstić information content (AvgIpc) is 2.95. The highest BCUT2D eigenvalue weighted by Gasteiger charge is 2.24. The van der Waals surface area contributed by atoms with E-state index in [2.05, 4.69) is 0 Å². The zero-order chi connectivity index (χ0) is 20.0. The monoisotopic (exact) mass is 388 g/mol. The van der Waals surface area contributed by atoms with Crippen LogP contribution in [0.25, 0.3) is 0 Å². The minimum Gasteiger partial charge on any atom is -0.481 e. The molecule has 2 rings (SSSR count). The molecule has 0 aliphatic heterocycles. The molecule has 0 spiro atoms. The number of esters is 2. The highest BCUT2D eigenvalue weighted by Crippen LogP contribution is 2.32. The molecular formula is C19H20N2O5S. The Bertz CT molecular complexity index is 878. The number of anilines is 1. The van der Waals surface area contributed by atoms with Gasteiger partial charge in [-0.1, -0.05) is 18.2 Å². The number of nitriles is 1. The van der Waals surface area contributed by atoms with Gasteiger partial charge in [0.25, 0.3) is 0 Å². The molecule has 27 heavy (non-hydrogen) atoms. The molecule has 0 aliphatic rings. The molecule has 7 nitrogen and oxygen atoms in total. The van der Waals surface area contributed by atoms with Gasteiger partial charge in [0.15, 0.2) is 6.61 Å². The molecule has 0 amide bonds. The summed E-state index contributed by atoms with van der Waals surface area (Å²) in [7, 11) is 0. The maximum Gasteiger partial charge on any atom is 0.348 e. The quantitative estimate of drug-likeness (QED) is 0.725. The summed E-state index contributed by atoms with van der Waals surface area (Å²) in [5.74, 6) is -0.603. The number of thiophene rings is 1. The fourth-order valence-corrected chi connectivity index (χ4v) is 3.38. The van der Waals surface area contributed by atoms with Gasteiger partial charge in [0.05, 0.1) is 12.2 Å². The van der Waals surface area contributed by atoms with Gasteiger partial charge in [-0.2, -0.15) is 5.26 Å². The van der Waals surface area contributed by atoms with Crippen molar-refractivity contribution in [3.05, 3.63) is 45.3 Å². The number of benzene rings is 1. The Morgan fingerprint density at radius 3 is 2.48 bits per heavy atom. The molecule has 0 aliphatic carbocycles. The van der Waals surface area contributed by atoms with Crippen LogP contribution in [0.3, 0.4) is 0 Å². The zero-order valence-corrected chi connectivity index (χ0v) is 16.1. The van der Waals surface area contributed by atoms with Gasteiger partial charge in [0.1, 0.15) is 28.3 Å². The van der Waals surface area contributed by atoms with E-state index in [9.17, 15) is 14.9 Å². The molecule has 1 heterocycles. The maximum atomic E-state index is 12.1. The van der Waals surface area contributed by atoms with Crippen molar-refractivity contribution in [1.82, 2.24) is 0 Å². The third-order valence-electron chi connectivity index (χ3n) is 3.73. The van der Waals surface area contributed by atoms with Crippen LogP contribution in [0.2, 0.25) is 0 Å². The van der Waals surface area contributed by atoms with Crippen LogP contribution in [0.1, 0.15) is 38.8 Å². The lowest BCUT2D eigenvalue weighted by Gasteiger charge is -2.11. The van der Waals surface area contributed by atoms with E-state index in [1.165, 1.54) is 0 Å². The Balaban J connectivity index is 2.06. The number of para-hydroxylation sites is 1. The van der Waals surface area contributed by atoms with Crippen LogP contribution >= 0.6 is 11.3 Å². The summed E-state index contributed by atoms with van der Waals surface area (Å²) in [6, 6.07) is 7.60. The second kappa shape index (κ2) is 9.05. The lowest BCUT2D eigenvalue weighted by molar-refractivity contribution is -0.147. The van der Waals surface area contributed by atoms with E-state index in [1.54, 1.807) is 6.92 Å². The molecule has 0 saturated heterocycles. The molecule has 1 aromatic carbocycles. The van der Waals surface area contributed by atoms with E-state index in [0.29, 0.717) is 5.75 Å². The lowest BCUT2D eigenvalue weighted by atomic mass is 10.1. The molecule has 0 unspecified atom stereocenters. The Morgan fingerprint density at radius 2 is 1.89 bits per heavy atom. The van der Waals surface area contributed by atoms with E-state index in [4.69, 9.17) is 19.9 Å². The number of hydrogen-bond donors (Lipinski definition) is 1. The van der Waals surface area contributed by atoms with Gasteiger partial charge in [-0.3, -0.25) is 0 Å². The number of ether oxygens (including phenoxy) is 3. The smallest absolute Gasteiger partial charge is 0.348 e. The minimum absolute atomic E-state index is 0.117. The SMILES string of the molecule is CCOC(=O)c1sc(N)c(C#N)c1COC(=O)COc1c(C)cccc1C. The molecule has 142 valence electrons. The van der Waals surface area contributed by atoms with Crippen molar-refractivity contribution in [2.45, 2.75) is 27.4 Å². The van der Waals surface area contributed by atoms with Gasteiger partial charge in [-0.15, -0.1) is 11.3 Å². The van der Waals surface area contributed by atoms with E-state index in [1.807, 2.05) is 38.1 Å². The fraction of sp³-hybridized carbons (Fsp3) is 0.316. The standard InChI is InChI=1S/C19H20N2O5S/c1-4-24-19(23)17-14(13(8-20)18(21)27-17)9-25-15(22)10-26-16-11(2)6-5-7-12(16)3/h5-7H,4,9-10,21H2,1-3H3. The minimum atomic E-state index is -0.624. The van der Waals surface area contributed by atoms with E-state index in [-0.39, 0.29) is 40.8 Å². The lowest BCUT2D eigenvalue weighted by Crippen LogP contribution is -2.16. The third-order valence-corrected chi connectivity index (χ3v) is 4.77. The van der Waals surface area contributed by atoms with Crippen LogP contribution in [-0.4, -0.2) is 25.2 Å². The summed E-state index contributed by atoms with van der Waals surface area (Å²) in [5.41, 5.74) is 7.96. The van der Waals surface area contributed by atoms with Crippen molar-refractivity contribution in [3.63, 3.8) is 0 Å². The van der Waals surface area contributed by atoms with Crippen molar-refractivity contribution < 1.29 is 23.8 Å². The first-order valence-electron chi connectivity index (χ1n) is 8.22. The molecule has 0 atom stereocenters. The van der Waals surface area contributed by atoms with E-state index in [0.717, 1.165) is 22.5 Å². The number of hydrogen-bond acceptors (Lipinski definition) is 8. The summed E-state index contributed by atoms with van der Waals surface area (Å²) >= 11 is 0.938. The largest absolute Gasteiger partial charge is 0.481 e. The number of rotatable bonds is 7. The number of carbonyl (C=O) groups excluding carboxylic acids is 2. The molecule has 2 aromatic rings. The number of nitrogen functional groups attached to an aromatic ring is 1. The normalized spacial score (nSPS) is 10.1. The van der Waals surface area contributed by atoms with Crippen molar-refractivity contribution in [3.8, 4) is 11.8 Å². The summed E-state index contributed by atoms with van der Waals surface area (Å²) in [6.07, 6.45) is 0. The third kappa shape index (κ3) is 4.77. The Hall–Kier alpha value is -3.05. The molecule has 0 fully saturated rings. The van der Waals surface area contributed by atoms with Crippen molar-refractivity contribution >= 4 is 28.3 Å². The van der Waals surface area contributed by atoms with Gasteiger partial charge in [0.2, 0.25) is 0 Å². The highest BCUT2D eigenvalue weighted by atomic mass is 32.1. The second-order valence-corrected chi connectivity index (χ2v) is 6.70. The summed E-state index contributed by atoms with van der Waals surface area (Å²) in [4.78, 5) is 24.2. The van der Waals surface area contributed by atoms with Crippen LogP contribution in [0, 0.1) is 25.2 Å². The van der Waals surface area contributed by atoms with Gasteiger partial charge < -0.3 is 19.9 Å². The van der Waals surface area contributed by atoms with Crippen LogP contribution in [0.5, 0.6) is 5.75 Å². The number of aryl methyl sites for hydroxylation is 2. The highest BCUT2D eigenvalue weighted by molar-refractivity contribution is 7.18. The van der Waals surface area contributed by atoms with Crippen molar-refractivity contribution in [2.24, 2.45) is 0 Å². The zero-order valence-electron chi connectivity index (χ0n) is 15.3. The molecular weight excluding hydrogens is 368 g/mol. The Morgan fingerprint density at radius 1 is 1.22 bits per heavy atom. The number of nitrogens with two attached hydrogens (primary N) is 1. The predicted molar refractivity (Wildman–Crippen MR) is 101 cm³/mol. The summed E-state index contributed by atoms with van der Waals surface area (Å²) < 4.78 is 15.7. The second-order valence-electron chi connectivity index (χ2n) is 5.65. The number of nitrogens with zero attached hydrogens (tertiary/aromatic N) is 1. The molecule has 2 N–H and O–H groups in total. The average molecular weight is 388 g/mol. The van der Waals surface area contributed by atoms with Crippen LogP contribution in [0.4, 0.5) is 5.00 Å². The molecule has 0 radical (unpaired) electrons. The molecule has 8 heteroatoms. The summed E-state index contributed by atoms with van der Waals surface area (Å²) in [5, 5.41) is 9.44. The summed E-state index contributed by atoms with van der Waals surface area (Å²) in [6.45, 7) is 5.06. The van der Waals surface area contributed by atoms with Gasteiger partial charge in [-0.05, 0) is 31.9 Å². The maximum absolute atomic E-state index is 12.1. The van der Waals surface area contributed by atoms with Crippen LogP contribution in [0.15, 0.2) is 18.2 Å².